The largest absolute Gasteiger partial charge is 0.492 e. The predicted molar refractivity (Wildman–Crippen MR) is 74.7 cm³/mol. The standard InChI is InChI=1S/C8H11NO.C2H5NO5S2/c1-2-10-8-6-4-3-5-7(8)9;4-9(5)3-1-2-10(6,7)8/h3-6H,2,9H2,1H3;1-2H2,(H,6,7,8). The van der Waals surface area contributed by atoms with Gasteiger partial charge in [0.15, 0.2) is 0 Å². The Morgan fingerprint density at radius 2 is 1.95 bits per heavy atom. The van der Waals surface area contributed by atoms with Crippen LogP contribution in [0.1, 0.15) is 6.92 Å². The van der Waals surface area contributed by atoms with Crippen LogP contribution in [0.15, 0.2) is 28.6 Å². The lowest BCUT2D eigenvalue weighted by Crippen LogP contribution is -2.06. The van der Waals surface area contributed by atoms with Crippen molar-refractivity contribution in [3.8, 4) is 5.75 Å². The van der Waals surface area contributed by atoms with Gasteiger partial charge in [-0.3, -0.25) is 4.55 Å². The average Bonchev–Trinajstić information content (AvgIpc) is 2.31. The first kappa shape index (κ1) is 18.4. The Morgan fingerprint density at radius 3 is 2.40 bits per heavy atom. The Morgan fingerprint density at radius 1 is 1.35 bits per heavy atom. The summed E-state index contributed by atoms with van der Waals surface area (Å²) in [6, 6.07) is 7.48. The van der Waals surface area contributed by atoms with Gasteiger partial charge in [0.2, 0.25) is 0 Å². The second-order valence-corrected chi connectivity index (χ2v) is 5.59. The Hall–Kier alpha value is -1.65. The van der Waals surface area contributed by atoms with Crippen molar-refractivity contribution in [1.29, 1.82) is 0 Å². The molecule has 114 valence electrons. The maximum absolute atomic E-state index is 9.91. The van der Waals surface area contributed by atoms with Crippen molar-refractivity contribution in [1.82, 2.24) is 0 Å². The fourth-order valence-corrected chi connectivity index (χ4v) is 1.67. The summed E-state index contributed by atoms with van der Waals surface area (Å²) in [5.41, 5.74) is 6.28. The van der Waals surface area contributed by atoms with Crippen LogP contribution >= 0.6 is 0 Å². The first-order chi connectivity index (χ1) is 9.26. The third kappa shape index (κ3) is 10.3. The molecule has 3 N–H and O–H groups in total. The number of anilines is 1. The maximum Gasteiger partial charge on any atom is 0.311 e. The molecule has 0 fully saturated rings. The van der Waals surface area contributed by atoms with Gasteiger partial charge < -0.3 is 10.5 Å². The zero-order chi connectivity index (χ0) is 15.6. The van der Waals surface area contributed by atoms with Crippen molar-refractivity contribution < 1.29 is 26.1 Å². The molecule has 0 unspecified atom stereocenters. The molecule has 0 spiro atoms. The Labute approximate surface area is 119 Å². The summed E-state index contributed by atoms with van der Waals surface area (Å²) in [6.07, 6.45) is 0. The van der Waals surface area contributed by atoms with Crippen LogP contribution < -0.4 is 10.5 Å². The second-order valence-electron chi connectivity index (χ2n) is 3.33. The Kier molecular flexibility index (Phi) is 8.52. The molecule has 0 saturated carbocycles. The molecule has 0 heterocycles. The van der Waals surface area contributed by atoms with Gasteiger partial charge in [-0.05, 0) is 19.1 Å². The SMILES string of the molecule is CCOc1ccccc1N.O=S(=O)=NCCS(=O)(=O)O. The van der Waals surface area contributed by atoms with E-state index < -0.39 is 32.9 Å². The van der Waals surface area contributed by atoms with E-state index >= 15 is 0 Å². The highest BCUT2D eigenvalue weighted by Gasteiger charge is 2.01. The number of hydrogen-bond acceptors (Lipinski definition) is 7. The second kappa shape index (κ2) is 9.28. The number of rotatable bonds is 5. The number of benzene rings is 1. The van der Waals surface area contributed by atoms with Crippen LogP contribution in [0.2, 0.25) is 0 Å². The highest BCUT2D eigenvalue weighted by Crippen LogP contribution is 2.18. The zero-order valence-corrected chi connectivity index (χ0v) is 12.4. The summed E-state index contributed by atoms with van der Waals surface area (Å²) >= 11 is 0. The molecular formula is C10H16N2O6S2. The normalized spacial score (nSPS) is 10.1. The molecule has 10 heteroatoms. The molecule has 1 aromatic carbocycles. The van der Waals surface area contributed by atoms with Gasteiger partial charge in [-0.1, -0.05) is 12.1 Å². The van der Waals surface area contributed by atoms with Crippen molar-refractivity contribution in [3.63, 3.8) is 0 Å². The zero-order valence-electron chi connectivity index (χ0n) is 10.8. The summed E-state index contributed by atoms with van der Waals surface area (Å²) in [5, 5.41) is 0. The summed E-state index contributed by atoms with van der Waals surface area (Å²) in [5.74, 6) is 0.103. The summed E-state index contributed by atoms with van der Waals surface area (Å²) in [7, 11) is -6.69. The van der Waals surface area contributed by atoms with E-state index in [9.17, 15) is 16.8 Å². The van der Waals surface area contributed by atoms with Crippen molar-refractivity contribution in [3.05, 3.63) is 24.3 Å². The topological polar surface area (TPSA) is 136 Å². The van der Waals surface area contributed by atoms with Crippen molar-refractivity contribution in [2.45, 2.75) is 6.92 Å². The van der Waals surface area contributed by atoms with Crippen LogP contribution in [0.4, 0.5) is 5.69 Å². The lowest BCUT2D eigenvalue weighted by molar-refractivity contribution is 0.342. The molecule has 0 atom stereocenters. The van der Waals surface area contributed by atoms with Crippen LogP contribution in [0.25, 0.3) is 0 Å². The summed E-state index contributed by atoms with van der Waals surface area (Å²) in [6.45, 7) is 2.16. The van der Waals surface area contributed by atoms with Gasteiger partial charge in [0, 0.05) is 0 Å². The van der Waals surface area contributed by atoms with Crippen LogP contribution in [-0.2, 0) is 20.6 Å². The minimum atomic E-state index is -4.09. The first-order valence-electron chi connectivity index (χ1n) is 5.45. The van der Waals surface area contributed by atoms with E-state index in [0.29, 0.717) is 12.3 Å². The van der Waals surface area contributed by atoms with Crippen LogP contribution in [0, 0.1) is 0 Å². The molecule has 1 rings (SSSR count). The van der Waals surface area contributed by atoms with Gasteiger partial charge >= 0.3 is 10.5 Å². The van der Waals surface area contributed by atoms with Crippen LogP contribution in [0.3, 0.4) is 0 Å². The van der Waals surface area contributed by atoms with Gasteiger partial charge in [0.1, 0.15) is 5.75 Å². The van der Waals surface area contributed by atoms with Crippen LogP contribution in [0.5, 0.6) is 5.75 Å². The van der Waals surface area contributed by atoms with Gasteiger partial charge in [0.25, 0.3) is 10.1 Å². The van der Waals surface area contributed by atoms with Crippen molar-refractivity contribution in [2.24, 2.45) is 4.36 Å². The summed E-state index contributed by atoms with van der Waals surface area (Å²) in [4.78, 5) is 0. The molecule has 0 saturated heterocycles. The third-order valence-corrected chi connectivity index (χ3v) is 2.86. The van der Waals surface area contributed by atoms with Crippen molar-refractivity contribution >= 4 is 26.3 Å². The minimum Gasteiger partial charge on any atom is -0.492 e. The molecule has 0 radical (unpaired) electrons. The van der Waals surface area contributed by atoms with Gasteiger partial charge in [-0.2, -0.15) is 21.2 Å². The van der Waals surface area contributed by atoms with E-state index in [0.717, 1.165) is 5.75 Å². The number of para-hydroxylation sites is 2. The van der Waals surface area contributed by atoms with E-state index in [1.807, 2.05) is 31.2 Å². The first-order valence-corrected chi connectivity index (χ1v) is 8.09. The lowest BCUT2D eigenvalue weighted by Gasteiger charge is -2.04. The Balaban J connectivity index is 0.000000361. The molecule has 0 amide bonds. The predicted octanol–water partition coefficient (Wildman–Crippen LogP) is 0.604. The fourth-order valence-electron chi connectivity index (χ4n) is 0.995. The third-order valence-electron chi connectivity index (χ3n) is 1.76. The number of nitrogens with two attached hydrogens (primary N) is 1. The smallest absolute Gasteiger partial charge is 0.311 e. The summed E-state index contributed by atoms with van der Waals surface area (Å²) < 4.78 is 55.1. The lowest BCUT2D eigenvalue weighted by atomic mass is 10.3. The fraction of sp³-hybridized carbons (Fsp3) is 0.400. The number of nitrogens with zero attached hydrogens (tertiary/aromatic N) is 1. The molecule has 0 aliphatic rings. The van der Waals surface area contributed by atoms with E-state index in [4.69, 9.17) is 15.0 Å². The highest BCUT2D eigenvalue weighted by molar-refractivity contribution is 7.85. The molecule has 20 heavy (non-hydrogen) atoms. The molecule has 0 aliphatic carbocycles. The molecule has 0 bridgehead atoms. The van der Waals surface area contributed by atoms with E-state index in [-0.39, 0.29) is 0 Å². The quantitative estimate of drug-likeness (QED) is 0.598. The molecule has 1 aromatic rings. The number of hydrogen-bond donors (Lipinski definition) is 2. The van der Waals surface area contributed by atoms with Gasteiger partial charge in [-0.15, -0.1) is 0 Å². The molecular weight excluding hydrogens is 308 g/mol. The molecule has 0 aliphatic heterocycles. The van der Waals surface area contributed by atoms with E-state index in [2.05, 4.69) is 4.36 Å². The number of ether oxygens (including phenoxy) is 1. The van der Waals surface area contributed by atoms with E-state index in [1.165, 1.54) is 0 Å². The molecule has 0 aromatic heterocycles. The number of nitrogen functional groups attached to an aromatic ring is 1. The molecule has 8 nitrogen and oxygen atoms in total. The minimum absolute atomic E-state index is 0.436. The average molecular weight is 324 g/mol. The maximum atomic E-state index is 9.91. The van der Waals surface area contributed by atoms with Crippen molar-refractivity contribution in [2.75, 3.05) is 24.6 Å². The van der Waals surface area contributed by atoms with Gasteiger partial charge in [0.05, 0.1) is 24.6 Å². The monoisotopic (exact) mass is 324 g/mol. The Bertz CT molecular complexity index is 631. The van der Waals surface area contributed by atoms with Crippen LogP contribution in [-0.4, -0.2) is 40.3 Å². The van der Waals surface area contributed by atoms with E-state index in [1.54, 1.807) is 0 Å². The highest BCUT2D eigenvalue weighted by atomic mass is 32.2. The van der Waals surface area contributed by atoms with Gasteiger partial charge in [-0.25, -0.2) is 0 Å².